The molecule has 1 atom stereocenters. The Balaban J connectivity index is 2.06. The molecule has 3 aromatic carbocycles. The van der Waals surface area contributed by atoms with E-state index in [1.807, 2.05) is 6.92 Å². The van der Waals surface area contributed by atoms with Gasteiger partial charge in [-0.15, -0.1) is 0 Å². The Bertz CT molecular complexity index is 1420. The van der Waals surface area contributed by atoms with Gasteiger partial charge in [0.15, 0.2) is 0 Å². The topological polar surface area (TPSA) is 86.8 Å². The van der Waals surface area contributed by atoms with Gasteiger partial charge in [-0.3, -0.25) is 13.9 Å². The first-order valence-electron chi connectivity index (χ1n) is 12.3. The molecule has 0 saturated heterocycles. The second-order valence-corrected chi connectivity index (χ2v) is 11.6. The molecule has 0 aliphatic rings. The molecule has 1 N–H and O–H groups in total. The number of rotatable bonds is 11. The highest BCUT2D eigenvalue weighted by Gasteiger charge is 2.33. The second kappa shape index (κ2) is 13.3. The summed E-state index contributed by atoms with van der Waals surface area (Å²) < 4.78 is 42.0. The molecule has 11 heteroatoms. The SMILES string of the molecule is CCNC(=O)[C@H](CC)N(Cc1ccc(Cl)c(Cl)c1)C(=O)CN(c1ccc(C)cc1)S(=O)(=O)c1ccc(F)cc1. The molecule has 0 unspecified atom stereocenters. The fourth-order valence-electron chi connectivity index (χ4n) is 4.02. The number of hydrogen-bond donors (Lipinski definition) is 1. The zero-order chi connectivity index (χ0) is 28.7. The van der Waals surface area contributed by atoms with E-state index in [2.05, 4.69) is 5.32 Å². The lowest BCUT2D eigenvalue weighted by atomic mass is 10.1. The van der Waals surface area contributed by atoms with Crippen LogP contribution in [-0.4, -0.2) is 44.3 Å². The number of nitrogens with one attached hydrogen (secondary N) is 1. The molecular weight excluding hydrogens is 564 g/mol. The Hall–Kier alpha value is -3.14. The first-order chi connectivity index (χ1) is 18.5. The van der Waals surface area contributed by atoms with Gasteiger partial charge >= 0.3 is 0 Å². The fraction of sp³-hybridized carbons (Fsp3) is 0.286. The molecule has 0 aliphatic carbocycles. The molecular formula is C28H30Cl2FN3O4S. The summed E-state index contributed by atoms with van der Waals surface area (Å²) >= 11 is 12.2. The van der Waals surface area contributed by atoms with E-state index in [0.717, 1.165) is 34.1 Å². The predicted molar refractivity (Wildman–Crippen MR) is 152 cm³/mol. The van der Waals surface area contributed by atoms with E-state index in [0.29, 0.717) is 17.1 Å². The van der Waals surface area contributed by atoms with Gasteiger partial charge in [-0.05, 0) is 74.4 Å². The molecule has 208 valence electrons. The summed E-state index contributed by atoms with van der Waals surface area (Å²) in [6, 6.07) is 15.0. The van der Waals surface area contributed by atoms with E-state index in [9.17, 15) is 22.4 Å². The van der Waals surface area contributed by atoms with Crippen molar-refractivity contribution in [2.45, 2.75) is 44.7 Å². The Morgan fingerprint density at radius 3 is 2.15 bits per heavy atom. The minimum atomic E-state index is -4.28. The van der Waals surface area contributed by atoms with Crippen LogP contribution in [0, 0.1) is 12.7 Å². The number of benzene rings is 3. The number of anilines is 1. The van der Waals surface area contributed by atoms with Crippen molar-refractivity contribution in [3.05, 3.63) is 93.7 Å². The molecule has 3 rings (SSSR count). The maximum absolute atomic E-state index is 13.9. The first-order valence-corrected chi connectivity index (χ1v) is 14.5. The summed E-state index contributed by atoms with van der Waals surface area (Å²) in [5.74, 6) is -1.56. The van der Waals surface area contributed by atoms with Crippen LogP contribution in [-0.2, 0) is 26.2 Å². The number of amides is 2. The van der Waals surface area contributed by atoms with Crippen molar-refractivity contribution in [1.82, 2.24) is 10.2 Å². The summed E-state index contributed by atoms with van der Waals surface area (Å²) in [5, 5.41) is 3.37. The molecule has 2 amide bonds. The van der Waals surface area contributed by atoms with Gasteiger partial charge in [0.25, 0.3) is 10.0 Å². The largest absolute Gasteiger partial charge is 0.355 e. The third-order valence-corrected chi connectivity index (χ3v) is 8.60. The van der Waals surface area contributed by atoms with Gasteiger partial charge in [-0.1, -0.05) is 53.9 Å². The number of halogens is 3. The van der Waals surface area contributed by atoms with Gasteiger partial charge in [0.05, 0.1) is 20.6 Å². The van der Waals surface area contributed by atoms with E-state index >= 15 is 0 Å². The minimum absolute atomic E-state index is 0.0102. The quantitative estimate of drug-likeness (QED) is 0.314. The molecule has 0 heterocycles. The second-order valence-electron chi connectivity index (χ2n) is 8.89. The number of carbonyl (C=O) groups is 2. The number of carbonyl (C=O) groups excluding carboxylic acids is 2. The van der Waals surface area contributed by atoms with Crippen LogP contribution in [0.3, 0.4) is 0 Å². The van der Waals surface area contributed by atoms with E-state index in [4.69, 9.17) is 23.2 Å². The normalized spacial score (nSPS) is 12.1. The number of aryl methyl sites for hydroxylation is 1. The van der Waals surface area contributed by atoms with Crippen LogP contribution in [0.5, 0.6) is 0 Å². The maximum Gasteiger partial charge on any atom is 0.264 e. The highest BCUT2D eigenvalue weighted by molar-refractivity contribution is 7.92. The van der Waals surface area contributed by atoms with E-state index in [1.54, 1.807) is 56.3 Å². The van der Waals surface area contributed by atoms with Crippen molar-refractivity contribution in [3.8, 4) is 0 Å². The fourth-order valence-corrected chi connectivity index (χ4v) is 5.75. The third-order valence-electron chi connectivity index (χ3n) is 6.08. The Kier molecular flexibility index (Phi) is 10.4. The van der Waals surface area contributed by atoms with Gasteiger partial charge in [-0.2, -0.15) is 0 Å². The van der Waals surface area contributed by atoms with Crippen molar-refractivity contribution >= 4 is 50.7 Å². The average molecular weight is 595 g/mol. The summed E-state index contributed by atoms with van der Waals surface area (Å²) in [4.78, 5) is 28.0. The maximum atomic E-state index is 13.9. The molecule has 0 saturated carbocycles. The Labute approximate surface area is 238 Å². The van der Waals surface area contributed by atoms with E-state index in [1.165, 1.54) is 4.90 Å². The van der Waals surface area contributed by atoms with Crippen molar-refractivity contribution < 1.29 is 22.4 Å². The molecule has 0 fully saturated rings. The highest BCUT2D eigenvalue weighted by atomic mass is 35.5. The van der Waals surface area contributed by atoms with Gasteiger partial charge in [0.2, 0.25) is 11.8 Å². The highest BCUT2D eigenvalue weighted by Crippen LogP contribution is 2.27. The van der Waals surface area contributed by atoms with Crippen molar-refractivity contribution in [3.63, 3.8) is 0 Å². The lowest BCUT2D eigenvalue weighted by Crippen LogP contribution is -2.52. The van der Waals surface area contributed by atoms with Crippen molar-refractivity contribution in [2.75, 3.05) is 17.4 Å². The van der Waals surface area contributed by atoms with Gasteiger partial charge in [0, 0.05) is 13.1 Å². The molecule has 7 nitrogen and oxygen atoms in total. The Morgan fingerprint density at radius 2 is 1.59 bits per heavy atom. The van der Waals surface area contributed by atoms with Gasteiger partial charge in [0.1, 0.15) is 18.4 Å². The molecule has 0 bridgehead atoms. The molecule has 0 aromatic heterocycles. The molecule has 39 heavy (non-hydrogen) atoms. The third kappa shape index (κ3) is 7.50. The monoisotopic (exact) mass is 593 g/mol. The average Bonchev–Trinajstić information content (AvgIpc) is 2.90. The molecule has 0 radical (unpaired) electrons. The van der Waals surface area contributed by atoms with Crippen LogP contribution in [0.15, 0.2) is 71.6 Å². The van der Waals surface area contributed by atoms with Crippen LogP contribution < -0.4 is 9.62 Å². The lowest BCUT2D eigenvalue weighted by molar-refractivity contribution is -0.140. The van der Waals surface area contributed by atoms with E-state index in [-0.39, 0.29) is 34.5 Å². The minimum Gasteiger partial charge on any atom is -0.355 e. The smallest absolute Gasteiger partial charge is 0.264 e. The number of hydrogen-bond acceptors (Lipinski definition) is 4. The number of nitrogens with zero attached hydrogens (tertiary/aromatic N) is 2. The summed E-state index contributed by atoms with van der Waals surface area (Å²) in [5.41, 5.74) is 1.76. The van der Waals surface area contributed by atoms with Crippen LogP contribution in [0.4, 0.5) is 10.1 Å². The first kappa shape index (κ1) is 30.4. The lowest BCUT2D eigenvalue weighted by Gasteiger charge is -2.33. The summed E-state index contributed by atoms with van der Waals surface area (Å²) in [7, 11) is -4.28. The van der Waals surface area contributed by atoms with Crippen molar-refractivity contribution in [2.24, 2.45) is 0 Å². The Morgan fingerprint density at radius 1 is 0.949 bits per heavy atom. The van der Waals surface area contributed by atoms with Crippen LogP contribution in [0.1, 0.15) is 31.4 Å². The van der Waals surface area contributed by atoms with Crippen molar-refractivity contribution in [1.29, 1.82) is 0 Å². The predicted octanol–water partition coefficient (Wildman–Crippen LogP) is 5.58. The van der Waals surface area contributed by atoms with Crippen LogP contribution in [0.2, 0.25) is 10.0 Å². The zero-order valence-corrected chi connectivity index (χ0v) is 24.2. The standard InChI is InChI=1S/C28H30Cl2FN3O4S/c1-4-26(28(36)32-5-2)33(17-20-8-15-24(29)25(30)16-20)27(35)18-34(22-11-6-19(3)7-12-22)39(37,38)23-13-9-21(31)10-14-23/h6-16,26H,4-5,17-18H2,1-3H3,(H,32,36)/t26-/m0/s1. The number of likely N-dealkylation sites (N-methyl/N-ethyl adjacent to an activating group) is 1. The van der Waals surface area contributed by atoms with Gasteiger partial charge in [-0.25, -0.2) is 12.8 Å². The zero-order valence-electron chi connectivity index (χ0n) is 21.8. The van der Waals surface area contributed by atoms with Gasteiger partial charge < -0.3 is 10.2 Å². The van der Waals surface area contributed by atoms with Crippen LogP contribution in [0.25, 0.3) is 0 Å². The molecule has 3 aromatic rings. The van der Waals surface area contributed by atoms with E-state index < -0.39 is 34.3 Å². The summed E-state index contributed by atoms with van der Waals surface area (Å²) in [6.07, 6.45) is 0.286. The number of sulfonamides is 1. The molecule has 0 aliphatic heterocycles. The van der Waals surface area contributed by atoms with Crippen LogP contribution >= 0.6 is 23.2 Å². The molecule has 0 spiro atoms. The summed E-state index contributed by atoms with van der Waals surface area (Å²) in [6.45, 7) is 5.14.